The van der Waals surface area contributed by atoms with Gasteiger partial charge in [-0.1, -0.05) is 31.2 Å². The van der Waals surface area contributed by atoms with Crippen LogP contribution in [0.25, 0.3) is 0 Å². The fourth-order valence-electron chi connectivity index (χ4n) is 3.74. The molecular weight excluding hydrogens is 396 g/mol. The first kappa shape index (κ1) is 20.2. The largest absolute Gasteiger partial charge is 0.497 e. The van der Waals surface area contributed by atoms with Gasteiger partial charge >= 0.3 is 0 Å². The van der Waals surface area contributed by atoms with E-state index >= 15 is 0 Å². The van der Waals surface area contributed by atoms with Crippen LogP contribution >= 0.6 is 11.3 Å². The zero-order valence-corrected chi connectivity index (χ0v) is 17.8. The Morgan fingerprint density at radius 3 is 2.60 bits per heavy atom. The van der Waals surface area contributed by atoms with Crippen molar-refractivity contribution in [1.29, 1.82) is 0 Å². The van der Waals surface area contributed by atoms with Gasteiger partial charge in [0.25, 0.3) is 11.8 Å². The third-order valence-electron chi connectivity index (χ3n) is 5.33. The van der Waals surface area contributed by atoms with Crippen LogP contribution in [-0.2, 0) is 12.8 Å². The first-order valence-electron chi connectivity index (χ1n) is 10.0. The van der Waals surface area contributed by atoms with E-state index in [9.17, 15) is 9.59 Å². The number of methoxy groups -OCH3 is 1. The summed E-state index contributed by atoms with van der Waals surface area (Å²) in [4.78, 5) is 27.2. The Labute approximate surface area is 180 Å². The topological polar surface area (TPSA) is 67.4 Å². The minimum Gasteiger partial charge on any atom is -0.497 e. The molecule has 2 amide bonds. The normalized spacial score (nSPS) is 15.2. The summed E-state index contributed by atoms with van der Waals surface area (Å²) in [5, 5.41) is 6.57. The molecule has 0 saturated carbocycles. The second kappa shape index (κ2) is 8.71. The molecule has 1 aliphatic carbocycles. The second-order valence-electron chi connectivity index (χ2n) is 7.56. The summed E-state index contributed by atoms with van der Waals surface area (Å²) >= 11 is 1.52. The monoisotopic (exact) mass is 420 g/mol. The lowest BCUT2D eigenvalue weighted by Gasteiger charge is -2.18. The number of carbonyl (C=O) groups is 2. The zero-order valence-electron chi connectivity index (χ0n) is 17.0. The van der Waals surface area contributed by atoms with Crippen molar-refractivity contribution in [2.45, 2.75) is 26.2 Å². The van der Waals surface area contributed by atoms with Crippen LogP contribution in [0.1, 0.15) is 44.5 Å². The van der Waals surface area contributed by atoms with Crippen molar-refractivity contribution in [2.24, 2.45) is 5.92 Å². The minimum absolute atomic E-state index is 0.210. The summed E-state index contributed by atoms with van der Waals surface area (Å²) in [6.45, 7) is 2.22. The van der Waals surface area contributed by atoms with E-state index in [0.717, 1.165) is 24.8 Å². The van der Waals surface area contributed by atoms with Crippen molar-refractivity contribution in [1.82, 2.24) is 0 Å². The predicted molar refractivity (Wildman–Crippen MR) is 121 cm³/mol. The van der Waals surface area contributed by atoms with E-state index in [1.54, 1.807) is 25.3 Å². The van der Waals surface area contributed by atoms with Crippen LogP contribution in [-0.4, -0.2) is 18.9 Å². The van der Waals surface area contributed by atoms with E-state index in [2.05, 4.69) is 17.6 Å². The van der Waals surface area contributed by atoms with Crippen LogP contribution in [0.3, 0.4) is 0 Å². The molecule has 1 atom stereocenters. The molecule has 1 heterocycles. The number of amides is 2. The van der Waals surface area contributed by atoms with Gasteiger partial charge < -0.3 is 15.4 Å². The molecule has 3 aromatic rings. The Bertz CT molecular complexity index is 1080. The van der Waals surface area contributed by atoms with E-state index in [4.69, 9.17) is 4.74 Å². The van der Waals surface area contributed by atoms with Crippen molar-refractivity contribution < 1.29 is 14.3 Å². The lowest BCUT2D eigenvalue weighted by atomic mass is 9.88. The van der Waals surface area contributed by atoms with E-state index < -0.39 is 0 Å². The van der Waals surface area contributed by atoms with Gasteiger partial charge in [0.1, 0.15) is 10.8 Å². The van der Waals surface area contributed by atoms with Crippen LogP contribution < -0.4 is 15.4 Å². The number of anilines is 2. The predicted octanol–water partition coefficient (Wildman–Crippen LogP) is 5.39. The van der Waals surface area contributed by atoms with E-state index in [1.165, 1.54) is 16.2 Å². The molecule has 2 N–H and O–H groups in total. The molecular formula is C24H24N2O3S. The molecule has 1 aliphatic rings. The number of benzene rings is 2. The number of rotatable bonds is 5. The first-order chi connectivity index (χ1) is 14.5. The third kappa shape index (κ3) is 4.24. The summed E-state index contributed by atoms with van der Waals surface area (Å²) in [7, 11) is 1.59. The fraction of sp³-hybridized carbons (Fsp3) is 0.250. The summed E-state index contributed by atoms with van der Waals surface area (Å²) in [5.74, 6) is 0.825. The summed E-state index contributed by atoms with van der Waals surface area (Å²) in [6, 6.07) is 16.3. The Kier molecular flexibility index (Phi) is 5.86. The van der Waals surface area contributed by atoms with E-state index in [1.807, 2.05) is 36.4 Å². The van der Waals surface area contributed by atoms with Crippen LogP contribution in [0, 0.1) is 5.92 Å². The summed E-state index contributed by atoms with van der Waals surface area (Å²) < 4.78 is 5.25. The Morgan fingerprint density at radius 2 is 1.83 bits per heavy atom. The Balaban J connectivity index is 1.66. The molecule has 5 nitrogen and oxygen atoms in total. The van der Waals surface area contributed by atoms with Gasteiger partial charge in [-0.05, 0) is 55.0 Å². The number of hydrogen-bond donors (Lipinski definition) is 2. The molecule has 1 unspecified atom stereocenters. The second-order valence-corrected chi connectivity index (χ2v) is 8.67. The van der Waals surface area contributed by atoms with E-state index in [-0.39, 0.29) is 11.8 Å². The first-order valence-corrected chi connectivity index (χ1v) is 10.8. The number of ether oxygens (including phenoxy) is 1. The lowest BCUT2D eigenvalue weighted by molar-refractivity contribution is 0.102. The molecule has 0 fully saturated rings. The van der Waals surface area contributed by atoms with Crippen molar-refractivity contribution in [3.63, 3.8) is 0 Å². The number of thiophene rings is 1. The number of carbonyl (C=O) groups excluding carboxylic acids is 2. The van der Waals surface area contributed by atoms with Gasteiger partial charge in [0.05, 0.1) is 12.7 Å². The quantitative estimate of drug-likeness (QED) is 0.582. The van der Waals surface area contributed by atoms with Crippen LogP contribution in [0.4, 0.5) is 10.7 Å². The Hall–Kier alpha value is -3.12. The average Bonchev–Trinajstić information content (AvgIpc) is 3.11. The molecule has 1 aromatic heterocycles. The SMILES string of the molecule is COc1cccc(NC(=O)c2c(NC(=O)c3ccccc3)sc3c2CCC(C)C3)c1. The van der Waals surface area contributed by atoms with Crippen LogP contribution in [0.5, 0.6) is 5.75 Å². The summed E-state index contributed by atoms with van der Waals surface area (Å²) in [6.07, 6.45) is 2.81. The highest BCUT2D eigenvalue weighted by Crippen LogP contribution is 2.40. The molecule has 6 heteroatoms. The smallest absolute Gasteiger partial charge is 0.258 e. The molecule has 4 rings (SSSR count). The molecule has 0 spiro atoms. The van der Waals surface area contributed by atoms with Crippen molar-refractivity contribution in [3.8, 4) is 5.75 Å². The van der Waals surface area contributed by atoms with Gasteiger partial charge in [0.2, 0.25) is 0 Å². The van der Waals surface area contributed by atoms with Crippen molar-refractivity contribution in [2.75, 3.05) is 17.7 Å². The van der Waals surface area contributed by atoms with E-state index in [0.29, 0.717) is 33.5 Å². The van der Waals surface area contributed by atoms with Crippen molar-refractivity contribution in [3.05, 3.63) is 76.2 Å². The molecule has 0 aliphatic heterocycles. The molecule has 30 heavy (non-hydrogen) atoms. The number of fused-ring (bicyclic) bond motifs is 1. The number of nitrogens with one attached hydrogen (secondary N) is 2. The molecule has 2 aromatic carbocycles. The van der Waals surface area contributed by atoms with Gasteiger partial charge in [-0.25, -0.2) is 0 Å². The van der Waals surface area contributed by atoms with Crippen LogP contribution in [0.15, 0.2) is 54.6 Å². The van der Waals surface area contributed by atoms with Gasteiger partial charge in [-0.3, -0.25) is 9.59 Å². The van der Waals surface area contributed by atoms with Gasteiger partial charge in [0.15, 0.2) is 0 Å². The zero-order chi connectivity index (χ0) is 21.1. The van der Waals surface area contributed by atoms with Gasteiger partial charge in [0, 0.05) is 22.2 Å². The highest BCUT2D eigenvalue weighted by molar-refractivity contribution is 7.17. The fourth-order valence-corrected chi connectivity index (χ4v) is 5.14. The van der Waals surface area contributed by atoms with Gasteiger partial charge in [-0.2, -0.15) is 0 Å². The average molecular weight is 421 g/mol. The maximum absolute atomic E-state index is 13.3. The molecule has 154 valence electrons. The highest BCUT2D eigenvalue weighted by Gasteiger charge is 2.28. The van der Waals surface area contributed by atoms with Gasteiger partial charge in [-0.15, -0.1) is 11.3 Å². The van der Waals surface area contributed by atoms with Crippen molar-refractivity contribution >= 4 is 33.8 Å². The molecule has 0 radical (unpaired) electrons. The Morgan fingerprint density at radius 1 is 1.03 bits per heavy atom. The summed E-state index contributed by atoms with van der Waals surface area (Å²) in [5.41, 5.74) is 2.86. The molecule has 0 bridgehead atoms. The third-order valence-corrected chi connectivity index (χ3v) is 6.50. The maximum atomic E-state index is 13.3. The molecule has 0 saturated heterocycles. The maximum Gasteiger partial charge on any atom is 0.258 e. The standard InChI is InChI=1S/C24H24N2O3S/c1-15-11-12-19-20(13-15)30-24(26-22(27)16-7-4-3-5-8-16)21(19)23(28)25-17-9-6-10-18(14-17)29-2/h3-10,14-15H,11-13H2,1-2H3,(H,25,28)(H,26,27). The minimum atomic E-state index is -0.210. The number of hydrogen-bond acceptors (Lipinski definition) is 4. The highest BCUT2D eigenvalue weighted by atomic mass is 32.1. The van der Waals surface area contributed by atoms with Crippen LogP contribution in [0.2, 0.25) is 0 Å². The lowest BCUT2D eigenvalue weighted by Crippen LogP contribution is -2.19.